The van der Waals surface area contributed by atoms with Crippen molar-refractivity contribution >= 4 is 34.8 Å². The molecule has 0 radical (unpaired) electrons. The van der Waals surface area contributed by atoms with Gasteiger partial charge in [-0.05, 0) is 54.3 Å². The van der Waals surface area contributed by atoms with E-state index < -0.39 is 0 Å². The van der Waals surface area contributed by atoms with Gasteiger partial charge in [0.1, 0.15) is 0 Å². The van der Waals surface area contributed by atoms with Crippen LogP contribution < -0.4 is 10.2 Å². The van der Waals surface area contributed by atoms with E-state index >= 15 is 0 Å². The first-order valence-electron chi connectivity index (χ1n) is 8.72. The Labute approximate surface area is 160 Å². The molecule has 26 heavy (non-hydrogen) atoms. The van der Waals surface area contributed by atoms with E-state index in [9.17, 15) is 9.59 Å². The summed E-state index contributed by atoms with van der Waals surface area (Å²) in [5.74, 6) is 0.219. The van der Waals surface area contributed by atoms with E-state index in [1.54, 1.807) is 11.0 Å². The smallest absolute Gasteiger partial charge is 0.226 e. The summed E-state index contributed by atoms with van der Waals surface area (Å²) in [7, 11) is 0. The minimum atomic E-state index is -0.125. The van der Waals surface area contributed by atoms with Crippen molar-refractivity contribution in [1.82, 2.24) is 0 Å². The van der Waals surface area contributed by atoms with Gasteiger partial charge in [0.2, 0.25) is 11.8 Å². The van der Waals surface area contributed by atoms with Gasteiger partial charge in [-0.2, -0.15) is 0 Å². The third kappa shape index (κ3) is 5.33. The summed E-state index contributed by atoms with van der Waals surface area (Å²) in [6.07, 6.45) is 0.216. The lowest BCUT2D eigenvalue weighted by atomic mass is 10.0. The molecule has 2 aromatic carbocycles. The van der Waals surface area contributed by atoms with Crippen LogP contribution in [0.4, 0.5) is 11.4 Å². The zero-order chi connectivity index (χ0) is 19.3. The molecule has 0 aromatic heterocycles. The van der Waals surface area contributed by atoms with Gasteiger partial charge in [0.05, 0.1) is 0 Å². The zero-order valence-electron chi connectivity index (χ0n) is 15.7. The van der Waals surface area contributed by atoms with Gasteiger partial charge < -0.3 is 10.2 Å². The van der Waals surface area contributed by atoms with E-state index in [1.165, 1.54) is 12.5 Å². The maximum Gasteiger partial charge on any atom is 0.226 e. The van der Waals surface area contributed by atoms with Crippen molar-refractivity contribution in [3.8, 4) is 0 Å². The third-order valence-electron chi connectivity index (χ3n) is 4.25. The fourth-order valence-electron chi connectivity index (χ4n) is 2.76. The lowest BCUT2D eigenvalue weighted by Gasteiger charge is -2.23. The summed E-state index contributed by atoms with van der Waals surface area (Å²) in [5, 5.41) is 3.50. The van der Waals surface area contributed by atoms with Crippen LogP contribution in [0.15, 0.2) is 42.5 Å². The molecule has 0 aliphatic rings. The highest BCUT2D eigenvalue weighted by Crippen LogP contribution is 2.24. The minimum Gasteiger partial charge on any atom is -0.326 e. The molecule has 2 aromatic rings. The molecular weight excluding hydrogens is 348 g/mol. The third-order valence-corrected chi connectivity index (χ3v) is 4.49. The number of nitrogens with one attached hydrogen (secondary N) is 1. The Balaban J connectivity index is 2.00. The van der Waals surface area contributed by atoms with Crippen molar-refractivity contribution < 1.29 is 9.59 Å². The number of rotatable bonds is 6. The van der Waals surface area contributed by atoms with Crippen LogP contribution in [0.2, 0.25) is 5.02 Å². The van der Waals surface area contributed by atoms with Crippen LogP contribution in [0.3, 0.4) is 0 Å². The number of nitrogens with zero attached hydrogens (tertiary/aromatic N) is 1. The largest absolute Gasteiger partial charge is 0.326 e. The van der Waals surface area contributed by atoms with Crippen molar-refractivity contribution in [1.29, 1.82) is 0 Å². The highest BCUT2D eigenvalue weighted by atomic mass is 35.5. The maximum absolute atomic E-state index is 12.3. The molecule has 1 N–H and O–H groups in total. The first-order valence-corrected chi connectivity index (χ1v) is 9.09. The molecule has 0 aliphatic heterocycles. The standard InChI is InChI=1S/C21H25ClN2O2/c1-14(2)17-5-8-19(9-6-17)23-21(26)11-12-24(16(4)25)20-10-7-18(22)13-15(20)3/h5-10,13-14H,11-12H2,1-4H3,(H,23,26). The van der Waals surface area contributed by atoms with Gasteiger partial charge in [0.15, 0.2) is 0 Å². The molecule has 0 heterocycles. The molecule has 4 nitrogen and oxygen atoms in total. The number of carbonyl (C=O) groups excluding carboxylic acids is 2. The quantitative estimate of drug-likeness (QED) is 0.761. The molecule has 2 rings (SSSR count). The number of amides is 2. The van der Waals surface area contributed by atoms with Crippen molar-refractivity contribution in [2.45, 2.75) is 40.0 Å². The molecule has 0 aliphatic carbocycles. The topological polar surface area (TPSA) is 49.4 Å². The fourth-order valence-corrected chi connectivity index (χ4v) is 2.98. The van der Waals surface area contributed by atoms with Gasteiger partial charge in [-0.1, -0.05) is 37.6 Å². The van der Waals surface area contributed by atoms with Gasteiger partial charge in [-0.25, -0.2) is 0 Å². The summed E-state index contributed by atoms with van der Waals surface area (Å²) < 4.78 is 0. The first kappa shape index (κ1) is 20.0. The van der Waals surface area contributed by atoms with Crippen molar-refractivity contribution in [2.75, 3.05) is 16.8 Å². The molecular formula is C21H25ClN2O2. The second-order valence-electron chi connectivity index (χ2n) is 6.68. The van der Waals surface area contributed by atoms with Crippen LogP contribution in [0.25, 0.3) is 0 Å². The van der Waals surface area contributed by atoms with E-state index in [0.717, 1.165) is 16.9 Å². The monoisotopic (exact) mass is 372 g/mol. The zero-order valence-corrected chi connectivity index (χ0v) is 16.4. The molecule has 0 bridgehead atoms. The van der Waals surface area contributed by atoms with Crippen LogP contribution >= 0.6 is 11.6 Å². The Kier molecular flexibility index (Phi) is 6.81. The highest BCUT2D eigenvalue weighted by Gasteiger charge is 2.15. The van der Waals surface area contributed by atoms with Crippen molar-refractivity contribution in [2.24, 2.45) is 0 Å². The Hall–Kier alpha value is -2.33. The molecule has 0 unspecified atom stereocenters. The fraction of sp³-hybridized carbons (Fsp3) is 0.333. The Morgan fingerprint density at radius 1 is 1.12 bits per heavy atom. The van der Waals surface area contributed by atoms with E-state index in [-0.39, 0.29) is 18.2 Å². The molecule has 5 heteroatoms. The van der Waals surface area contributed by atoms with E-state index in [4.69, 9.17) is 11.6 Å². The second kappa shape index (κ2) is 8.86. The predicted octanol–water partition coefficient (Wildman–Crippen LogP) is 5.15. The number of anilines is 2. The average Bonchev–Trinajstić information content (AvgIpc) is 2.57. The van der Waals surface area contributed by atoms with Crippen molar-refractivity contribution in [3.05, 3.63) is 58.6 Å². The van der Waals surface area contributed by atoms with E-state index in [1.807, 2.05) is 43.3 Å². The van der Waals surface area contributed by atoms with E-state index in [2.05, 4.69) is 19.2 Å². The maximum atomic E-state index is 12.3. The number of carbonyl (C=O) groups is 2. The lowest BCUT2D eigenvalue weighted by molar-refractivity contribution is -0.117. The first-order chi connectivity index (χ1) is 12.3. The minimum absolute atomic E-state index is 0.107. The highest BCUT2D eigenvalue weighted by molar-refractivity contribution is 6.30. The summed E-state index contributed by atoms with van der Waals surface area (Å²) in [6.45, 7) is 7.96. The Bertz CT molecular complexity index is 785. The SMILES string of the molecule is CC(=O)N(CCC(=O)Nc1ccc(C(C)C)cc1)c1ccc(Cl)cc1C. The van der Waals surface area contributed by atoms with Crippen molar-refractivity contribution in [3.63, 3.8) is 0 Å². The lowest BCUT2D eigenvalue weighted by Crippen LogP contribution is -2.32. The van der Waals surface area contributed by atoms with Gasteiger partial charge in [0, 0.05) is 36.3 Å². The predicted molar refractivity (Wildman–Crippen MR) is 108 cm³/mol. The normalized spacial score (nSPS) is 10.7. The Morgan fingerprint density at radius 2 is 1.77 bits per heavy atom. The summed E-state index contributed by atoms with van der Waals surface area (Å²) in [6, 6.07) is 13.2. The van der Waals surface area contributed by atoms with Gasteiger partial charge in [0.25, 0.3) is 0 Å². The number of halogens is 1. The summed E-state index contributed by atoms with van der Waals surface area (Å²) in [4.78, 5) is 25.9. The summed E-state index contributed by atoms with van der Waals surface area (Å²) in [5.41, 5.74) is 3.66. The van der Waals surface area contributed by atoms with Crippen LogP contribution in [-0.2, 0) is 9.59 Å². The number of hydrogen-bond donors (Lipinski definition) is 1. The van der Waals surface area contributed by atoms with E-state index in [0.29, 0.717) is 17.5 Å². The molecule has 0 saturated carbocycles. The van der Waals surface area contributed by atoms with Crippen LogP contribution in [0.1, 0.15) is 44.2 Å². The molecule has 0 fully saturated rings. The molecule has 0 spiro atoms. The second-order valence-corrected chi connectivity index (χ2v) is 7.11. The van der Waals surface area contributed by atoms with Crippen LogP contribution in [-0.4, -0.2) is 18.4 Å². The molecule has 2 amide bonds. The summed E-state index contributed by atoms with van der Waals surface area (Å²) >= 11 is 5.98. The molecule has 138 valence electrons. The number of benzene rings is 2. The Morgan fingerprint density at radius 3 is 2.31 bits per heavy atom. The number of hydrogen-bond acceptors (Lipinski definition) is 2. The number of aryl methyl sites for hydroxylation is 1. The molecule has 0 atom stereocenters. The molecule has 0 saturated heterocycles. The van der Waals surface area contributed by atoms with Gasteiger partial charge >= 0.3 is 0 Å². The van der Waals surface area contributed by atoms with Crippen LogP contribution in [0.5, 0.6) is 0 Å². The van der Waals surface area contributed by atoms with Crippen LogP contribution in [0, 0.1) is 6.92 Å². The van der Waals surface area contributed by atoms with Gasteiger partial charge in [-0.3, -0.25) is 9.59 Å². The average molecular weight is 373 g/mol. The van der Waals surface area contributed by atoms with Gasteiger partial charge in [-0.15, -0.1) is 0 Å².